The summed E-state index contributed by atoms with van der Waals surface area (Å²) in [5.41, 5.74) is 2.36. The van der Waals surface area contributed by atoms with E-state index in [2.05, 4.69) is 10.1 Å². The highest BCUT2D eigenvalue weighted by Crippen LogP contribution is 2.34. The van der Waals surface area contributed by atoms with Crippen molar-refractivity contribution in [1.29, 1.82) is 0 Å². The predicted octanol–water partition coefficient (Wildman–Crippen LogP) is 5.16. The lowest BCUT2D eigenvalue weighted by molar-refractivity contribution is -0.134. The summed E-state index contributed by atoms with van der Waals surface area (Å²) in [6.07, 6.45) is 3.58. The van der Waals surface area contributed by atoms with Crippen LogP contribution in [0.15, 0.2) is 92.3 Å². The van der Waals surface area contributed by atoms with Crippen molar-refractivity contribution in [1.82, 2.24) is 14.6 Å². The summed E-state index contributed by atoms with van der Waals surface area (Å²) in [6, 6.07) is 17.0. The molecule has 34 heavy (non-hydrogen) atoms. The third-order valence-electron chi connectivity index (χ3n) is 5.79. The normalized spacial score (nSPS) is 15.7. The third-order valence-corrected chi connectivity index (χ3v) is 7.60. The van der Waals surface area contributed by atoms with E-state index in [1.165, 1.54) is 27.2 Å². The monoisotopic (exact) mass is 486 g/mol. The van der Waals surface area contributed by atoms with Gasteiger partial charge in [-0.3, -0.25) is 14.2 Å². The first-order valence-corrected chi connectivity index (χ1v) is 12.4. The van der Waals surface area contributed by atoms with E-state index >= 15 is 0 Å². The van der Waals surface area contributed by atoms with E-state index in [4.69, 9.17) is 4.42 Å². The second-order valence-electron chi connectivity index (χ2n) is 7.87. The maximum atomic E-state index is 13.4. The lowest BCUT2D eigenvalue weighted by Crippen LogP contribution is -2.33. The second kappa shape index (κ2) is 8.51. The lowest BCUT2D eigenvalue weighted by atomic mass is 10.1. The molecule has 0 bridgehead atoms. The van der Waals surface area contributed by atoms with Gasteiger partial charge in [0.05, 0.1) is 28.6 Å². The minimum Gasteiger partial charge on any atom is -0.467 e. The van der Waals surface area contributed by atoms with E-state index < -0.39 is 0 Å². The lowest BCUT2D eigenvalue weighted by Gasteiger charge is -2.20. The molecule has 0 fully saturated rings. The van der Waals surface area contributed by atoms with Crippen LogP contribution in [0.3, 0.4) is 0 Å². The highest BCUT2D eigenvalue weighted by Gasteiger charge is 2.35. The van der Waals surface area contributed by atoms with Crippen LogP contribution in [0.2, 0.25) is 0 Å². The van der Waals surface area contributed by atoms with Crippen LogP contribution in [-0.4, -0.2) is 26.2 Å². The number of fused-ring (bicyclic) bond motifs is 1. The predicted molar refractivity (Wildman–Crippen MR) is 133 cm³/mol. The van der Waals surface area contributed by atoms with Gasteiger partial charge in [-0.05, 0) is 29.1 Å². The van der Waals surface area contributed by atoms with Crippen LogP contribution in [0.5, 0.6) is 0 Å². The van der Waals surface area contributed by atoms with Crippen LogP contribution in [0.25, 0.3) is 21.3 Å². The van der Waals surface area contributed by atoms with Crippen molar-refractivity contribution in [3.63, 3.8) is 0 Å². The number of hydrazone groups is 1. The first-order chi connectivity index (χ1) is 16.7. The Hall–Kier alpha value is -3.82. The minimum absolute atomic E-state index is 0.162. The number of amides is 1. The van der Waals surface area contributed by atoms with Gasteiger partial charge in [0.15, 0.2) is 0 Å². The van der Waals surface area contributed by atoms with Crippen LogP contribution in [0, 0.1) is 0 Å². The molecular formula is C25H18N4O3S2. The zero-order valence-corrected chi connectivity index (χ0v) is 19.5. The molecule has 168 valence electrons. The summed E-state index contributed by atoms with van der Waals surface area (Å²) in [4.78, 5) is 32.9. The largest absolute Gasteiger partial charge is 0.467 e. The Labute approximate surface area is 202 Å². The zero-order chi connectivity index (χ0) is 23.1. The quantitative estimate of drug-likeness (QED) is 0.344. The van der Waals surface area contributed by atoms with E-state index in [0.29, 0.717) is 22.4 Å². The van der Waals surface area contributed by atoms with Gasteiger partial charge < -0.3 is 4.42 Å². The molecule has 5 heterocycles. The molecule has 5 aromatic rings. The molecule has 0 saturated carbocycles. The summed E-state index contributed by atoms with van der Waals surface area (Å²) in [5, 5.41) is 10.5. The molecule has 6 rings (SSSR count). The average molecular weight is 487 g/mol. The topological polar surface area (TPSA) is 80.7 Å². The Balaban J connectivity index is 1.35. The number of aromatic nitrogens is 2. The van der Waals surface area contributed by atoms with Gasteiger partial charge in [-0.15, -0.1) is 22.7 Å². The van der Waals surface area contributed by atoms with Gasteiger partial charge in [-0.1, -0.05) is 36.4 Å². The van der Waals surface area contributed by atoms with E-state index in [1.807, 2.05) is 59.3 Å². The molecule has 1 aliphatic rings. The van der Waals surface area contributed by atoms with Crippen molar-refractivity contribution in [2.75, 3.05) is 0 Å². The minimum atomic E-state index is -0.354. The fourth-order valence-electron chi connectivity index (χ4n) is 4.16. The number of carbonyl (C=O) groups is 1. The number of hydrogen-bond donors (Lipinski definition) is 0. The molecule has 0 aliphatic carbocycles. The summed E-state index contributed by atoms with van der Waals surface area (Å²) >= 11 is 3.00. The highest BCUT2D eigenvalue weighted by atomic mass is 32.1. The van der Waals surface area contributed by atoms with Crippen LogP contribution in [0.1, 0.15) is 23.1 Å². The van der Waals surface area contributed by atoms with Crippen LogP contribution >= 0.6 is 22.7 Å². The maximum Gasteiger partial charge on any atom is 0.263 e. The van der Waals surface area contributed by atoms with Gasteiger partial charge in [0, 0.05) is 17.4 Å². The Morgan fingerprint density at radius 3 is 2.74 bits per heavy atom. The number of carbonyl (C=O) groups excluding carboxylic acids is 1. The van der Waals surface area contributed by atoms with Crippen LogP contribution in [0.4, 0.5) is 0 Å². The molecule has 0 spiro atoms. The smallest absolute Gasteiger partial charge is 0.263 e. The van der Waals surface area contributed by atoms with Gasteiger partial charge >= 0.3 is 0 Å². The fraction of sp³-hybridized carbons (Fsp3) is 0.120. The van der Waals surface area contributed by atoms with Crippen molar-refractivity contribution in [3.8, 4) is 11.1 Å². The van der Waals surface area contributed by atoms with Crippen molar-refractivity contribution >= 4 is 44.5 Å². The van der Waals surface area contributed by atoms with Gasteiger partial charge in [-0.2, -0.15) is 5.10 Å². The SMILES string of the molecule is O=C(Cn1cnc2scc(-c3ccccc3)c2c1=O)N1N=C(c2cccs2)CC1c1ccco1. The van der Waals surface area contributed by atoms with Crippen molar-refractivity contribution in [2.45, 2.75) is 19.0 Å². The standard InChI is InChI=1S/C25H18N4O3S2/c30-22(29-19(20-8-4-10-32-20)12-18(27-29)21-9-5-11-33-21)13-28-15-26-24-23(25(28)31)17(14-34-24)16-6-2-1-3-7-16/h1-11,14-15,19H,12-13H2. The first kappa shape index (κ1) is 20.8. The molecule has 1 aliphatic heterocycles. The summed E-state index contributed by atoms with van der Waals surface area (Å²) in [6.45, 7) is -0.162. The van der Waals surface area contributed by atoms with Crippen molar-refractivity contribution in [2.24, 2.45) is 5.10 Å². The molecule has 1 aromatic carbocycles. The van der Waals surface area contributed by atoms with Gasteiger partial charge in [-0.25, -0.2) is 9.99 Å². The molecule has 0 radical (unpaired) electrons. The van der Waals surface area contributed by atoms with Crippen LogP contribution < -0.4 is 5.56 Å². The molecule has 7 nitrogen and oxygen atoms in total. The molecular weight excluding hydrogens is 468 g/mol. The number of furan rings is 1. The number of rotatable bonds is 5. The van der Waals surface area contributed by atoms with Gasteiger partial charge in [0.1, 0.15) is 23.2 Å². The molecule has 0 saturated heterocycles. The number of nitrogens with zero attached hydrogens (tertiary/aromatic N) is 4. The zero-order valence-electron chi connectivity index (χ0n) is 17.8. The molecule has 1 unspecified atom stereocenters. The summed E-state index contributed by atoms with van der Waals surface area (Å²) < 4.78 is 6.97. The van der Waals surface area contributed by atoms with Gasteiger partial charge in [0.2, 0.25) is 0 Å². The van der Waals surface area contributed by atoms with E-state index in [0.717, 1.165) is 21.7 Å². The maximum absolute atomic E-state index is 13.4. The van der Waals surface area contributed by atoms with E-state index in [-0.39, 0.29) is 24.1 Å². The fourth-order valence-corrected chi connectivity index (χ4v) is 5.79. The third kappa shape index (κ3) is 3.59. The average Bonchev–Trinajstić information content (AvgIpc) is 3.67. The Morgan fingerprint density at radius 2 is 1.97 bits per heavy atom. The summed E-state index contributed by atoms with van der Waals surface area (Å²) in [5.74, 6) is 0.362. The molecule has 1 amide bonds. The van der Waals surface area contributed by atoms with Crippen LogP contribution in [-0.2, 0) is 11.3 Å². The van der Waals surface area contributed by atoms with E-state index in [1.54, 1.807) is 23.7 Å². The molecule has 4 aromatic heterocycles. The second-order valence-corrected chi connectivity index (χ2v) is 9.68. The molecule has 1 atom stereocenters. The Kier molecular flexibility index (Phi) is 5.20. The Morgan fingerprint density at radius 1 is 1.09 bits per heavy atom. The first-order valence-electron chi connectivity index (χ1n) is 10.7. The number of thiophene rings is 2. The van der Waals surface area contributed by atoms with Crippen molar-refractivity contribution < 1.29 is 9.21 Å². The number of benzene rings is 1. The highest BCUT2D eigenvalue weighted by molar-refractivity contribution is 7.17. The van der Waals surface area contributed by atoms with E-state index in [9.17, 15) is 9.59 Å². The Bertz CT molecular complexity index is 1550. The van der Waals surface area contributed by atoms with Crippen molar-refractivity contribution in [3.05, 3.63) is 98.9 Å². The van der Waals surface area contributed by atoms with Gasteiger partial charge in [0.25, 0.3) is 11.5 Å². The molecule has 9 heteroatoms. The molecule has 0 N–H and O–H groups in total. The summed E-state index contributed by atoms with van der Waals surface area (Å²) in [7, 11) is 0. The number of hydrogen-bond acceptors (Lipinski definition) is 7.